The Balaban J connectivity index is 1.51. The Morgan fingerprint density at radius 1 is 0.640 bits per heavy atom. The molecule has 0 aliphatic carbocycles. The van der Waals surface area contributed by atoms with Crippen LogP contribution in [0.4, 0.5) is 5.69 Å². The number of nitrogens with zero attached hydrogens (tertiary/aromatic N) is 1. The number of quaternary nitrogens is 1. The van der Waals surface area contributed by atoms with Gasteiger partial charge in [-0.15, -0.1) is 0 Å². The first-order valence-corrected chi connectivity index (χ1v) is 11.3. The Bertz CT molecular complexity index is 419. The lowest BCUT2D eigenvalue weighted by Crippen LogP contribution is -2.47. The third-order valence-corrected chi connectivity index (χ3v) is 6.17. The molecule has 0 saturated carbocycles. The maximum Gasteiger partial charge on any atom is 0.132 e. The number of benzene rings is 1. The van der Waals surface area contributed by atoms with Gasteiger partial charge in [0, 0.05) is 12.8 Å². The summed E-state index contributed by atoms with van der Waals surface area (Å²) in [5.41, 5.74) is 1.56. The Kier molecular flexibility index (Phi) is 10.3. The van der Waals surface area contributed by atoms with Crippen molar-refractivity contribution in [3.05, 3.63) is 30.3 Å². The summed E-state index contributed by atoms with van der Waals surface area (Å²) in [5, 5.41) is 0. The zero-order valence-corrected chi connectivity index (χ0v) is 16.9. The van der Waals surface area contributed by atoms with Gasteiger partial charge in [-0.25, -0.2) is 0 Å². The van der Waals surface area contributed by atoms with Crippen molar-refractivity contribution in [2.24, 2.45) is 0 Å². The molecule has 0 spiro atoms. The molecule has 25 heavy (non-hydrogen) atoms. The van der Waals surface area contributed by atoms with Crippen LogP contribution in [0.25, 0.3) is 0 Å². The molecule has 1 saturated heterocycles. The molecule has 0 amide bonds. The number of unbranched alkanes of at least 4 members (excludes halogenated alkanes) is 11. The lowest BCUT2D eigenvalue weighted by atomic mass is 10.0. The topological polar surface area (TPSA) is 0 Å². The molecule has 142 valence electrons. The first-order valence-electron chi connectivity index (χ1n) is 11.3. The highest BCUT2D eigenvalue weighted by atomic mass is 15.4. The van der Waals surface area contributed by atoms with E-state index in [4.69, 9.17) is 0 Å². The molecule has 1 fully saturated rings. The maximum atomic E-state index is 2.35. The van der Waals surface area contributed by atoms with Crippen molar-refractivity contribution in [1.29, 1.82) is 0 Å². The maximum absolute atomic E-state index is 2.35. The number of hydrogen-bond donors (Lipinski definition) is 0. The van der Waals surface area contributed by atoms with Gasteiger partial charge in [0.05, 0.1) is 19.6 Å². The summed E-state index contributed by atoms with van der Waals surface area (Å²) in [6, 6.07) is 11.3. The van der Waals surface area contributed by atoms with E-state index in [9.17, 15) is 0 Å². The normalized spacial score (nSPS) is 16.4. The minimum absolute atomic E-state index is 1.26. The van der Waals surface area contributed by atoms with E-state index in [-0.39, 0.29) is 0 Å². The quantitative estimate of drug-likeness (QED) is 0.242. The second-order valence-electron chi connectivity index (χ2n) is 8.25. The van der Waals surface area contributed by atoms with Crippen molar-refractivity contribution >= 4 is 5.69 Å². The van der Waals surface area contributed by atoms with Crippen molar-refractivity contribution in [3.63, 3.8) is 0 Å². The molecule has 0 N–H and O–H groups in total. The molecule has 1 heterocycles. The smallest absolute Gasteiger partial charge is 0.132 e. The number of hydrogen-bond acceptors (Lipinski definition) is 0. The van der Waals surface area contributed by atoms with E-state index in [0.29, 0.717) is 0 Å². The second-order valence-corrected chi connectivity index (χ2v) is 8.25. The molecule has 1 aliphatic heterocycles. The third kappa shape index (κ3) is 7.52. The Hall–Kier alpha value is -0.820. The van der Waals surface area contributed by atoms with Gasteiger partial charge in [0.1, 0.15) is 5.69 Å². The minimum atomic E-state index is 1.26. The molecule has 1 heteroatoms. The first-order chi connectivity index (χ1) is 12.4. The standard InChI is InChI=1S/C24H42N/c1-2-3-4-5-6-7-8-9-10-11-12-16-21-25(22-17-18-23-25)24-19-14-13-15-20-24/h13-15,19-20H,2-12,16-18,21-23H2,1H3/q+1. The average Bonchev–Trinajstić information content (AvgIpc) is 3.13. The number of para-hydroxylation sites is 1. The van der Waals surface area contributed by atoms with Gasteiger partial charge in [-0.1, -0.05) is 89.3 Å². The predicted molar refractivity (Wildman–Crippen MR) is 113 cm³/mol. The van der Waals surface area contributed by atoms with Gasteiger partial charge in [0.2, 0.25) is 0 Å². The van der Waals surface area contributed by atoms with E-state index in [1.54, 1.807) is 5.69 Å². The SMILES string of the molecule is CCCCCCCCCCCCCC[N+]1(c2ccccc2)CCCC1. The van der Waals surface area contributed by atoms with E-state index >= 15 is 0 Å². The van der Waals surface area contributed by atoms with Gasteiger partial charge in [0.15, 0.2) is 0 Å². The zero-order chi connectivity index (χ0) is 17.6. The summed E-state index contributed by atoms with van der Waals surface area (Å²) in [5.74, 6) is 0. The zero-order valence-electron chi connectivity index (χ0n) is 16.9. The summed E-state index contributed by atoms with van der Waals surface area (Å²) in [7, 11) is 0. The monoisotopic (exact) mass is 344 g/mol. The lowest BCUT2D eigenvalue weighted by molar-refractivity contribution is 0.322. The van der Waals surface area contributed by atoms with E-state index in [2.05, 4.69) is 37.3 Å². The molecular weight excluding hydrogens is 302 g/mol. The van der Waals surface area contributed by atoms with Crippen LogP contribution in [-0.2, 0) is 0 Å². The van der Waals surface area contributed by atoms with Gasteiger partial charge in [-0.3, -0.25) is 4.48 Å². The summed E-state index contributed by atoms with van der Waals surface area (Å²) in [6.45, 7) is 6.39. The molecule has 0 bridgehead atoms. The predicted octanol–water partition coefficient (Wildman–Crippen LogP) is 7.49. The molecule has 0 unspecified atom stereocenters. The number of rotatable bonds is 14. The van der Waals surface area contributed by atoms with Crippen LogP contribution in [-0.4, -0.2) is 19.6 Å². The fraction of sp³-hybridized carbons (Fsp3) is 0.750. The molecule has 1 aliphatic rings. The largest absolute Gasteiger partial charge is 0.291 e. The molecule has 0 atom stereocenters. The van der Waals surface area contributed by atoms with Gasteiger partial charge in [0.25, 0.3) is 0 Å². The van der Waals surface area contributed by atoms with Crippen molar-refractivity contribution in [3.8, 4) is 0 Å². The second kappa shape index (κ2) is 12.5. The van der Waals surface area contributed by atoms with Gasteiger partial charge in [-0.2, -0.15) is 0 Å². The van der Waals surface area contributed by atoms with Crippen LogP contribution in [0.1, 0.15) is 96.8 Å². The van der Waals surface area contributed by atoms with Crippen LogP contribution < -0.4 is 4.48 Å². The van der Waals surface area contributed by atoms with Gasteiger partial charge in [-0.05, 0) is 25.0 Å². The third-order valence-electron chi connectivity index (χ3n) is 6.17. The van der Waals surface area contributed by atoms with Crippen molar-refractivity contribution in [1.82, 2.24) is 4.48 Å². The van der Waals surface area contributed by atoms with Crippen molar-refractivity contribution in [2.45, 2.75) is 96.8 Å². The van der Waals surface area contributed by atoms with Crippen LogP contribution in [0.2, 0.25) is 0 Å². The van der Waals surface area contributed by atoms with Crippen LogP contribution in [0, 0.1) is 0 Å². The molecule has 1 aromatic rings. The molecular formula is C24H42N+. The Morgan fingerprint density at radius 2 is 1.12 bits per heavy atom. The van der Waals surface area contributed by atoms with Gasteiger partial charge < -0.3 is 0 Å². The highest BCUT2D eigenvalue weighted by molar-refractivity contribution is 5.43. The van der Waals surface area contributed by atoms with Crippen LogP contribution in [0.5, 0.6) is 0 Å². The van der Waals surface area contributed by atoms with Crippen molar-refractivity contribution < 1.29 is 0 Å². The lowest BCUT2D eigenvalue weighted by Gasteiger charge is -2.34. The molecule has 0 radical (unpaired) electrons. The first kappa shape index (κ1) is 20.5. The summed E-state index contributed by atoms with van der Waals surface area (Å²) in [6.07, 6.45) is 20.2. The summed E-state index contributed by atoms with van der Waals surface area (Å²) in [4.78, 5) is 0. The Morgan fingerprint density at radius 3 is 1.64 bits per heavy atom. The van der Waals surface area contributed by atoms with Gasteiger partial charge >= 0.3 is 0 Å². The molecule has 0 aromatic heterocycles. The fourth-order valence-electron chi connectivity index (χ4n) is 4.55. The van der Waals surface area contributed by atoms with E-state index in [1.165, 1.54) is 114 Å². The van der Waals surface area contributed by atoms with E-state index in [0.717, 1.165) is 0 Å². The average molecular weight is 345 g/mol. The molecule has 1 nitrogen and oxygen atoms in total. The fourth-order valence-corrected chi connectivity index (χ4v) is 4.55. The number of likely N-dealkylation sites (tertiary alicyclic amines) is 1. The minimum Gasteiger partial charge on any atom is -0.291 e. The van der Waals surface area contributed by atoms with Crippen LogP contribution in [0.15, 0.2) is 30.3 Å². The van der Waals surface area contributed by atoms with E-state index in [1.807, 2.05) is 0 Å². The van der Waals surface area contributed by atoms with E-state index < -0.39 is 0 Å². The summed E-state index contributed by atoms with van der Waals surface area (Å²) >= 11 is 0. The summed E-state index contributed by atoms with van der Waals surface area (Å²) < 4.78 is 1.26. The highest BCUT2D eigenvalue weighted by Gasteiger charge is 2.33. The van der Waals surface area contributed by atoms with Crippen molar-refractivity contribution in [2.75, 3.05) is 19.6 Å². The van der Waals surface area contributed by atoms with Crippen LogP contribution >= 0.6 is 0 Å². The molecule has 2 rings (SSSR count). The Labute approximate surface area is 157 Å². The molecule has 1 aromatic carbocycles. The van der Waals surface area contributed by atoms with Crippen LogP contribution in [0.3, 0.4) is 0 Å². The highest BCUT2D eigenvalue weighted by Crippen LogP contribution is 2.30.